The van der Waals surface area contributed by atoms with Crippen LogP contribution >= 0.6 is 0 Å². The monoisotopic (exact) mass is 247 g/mol. The van der Waals surface area contributed by atoms with Crippen molar-refractivity contribution in [1.82, 2.24) is 14.5 Å². The van der Waals surface area contributed by atoms with Crippen molar-refractivity contribution in [3.8, 4) is 0 Å². The lowest BCUT2D eigenvalue weighted by Crippen LogP contribution is -2.55. The van der Waals surface area contributed by atoms with Crippen molar-refractivity contribution in [1.29, 1.82) is 0 Å². The molecule has 2 rings (SSSR count). The van der Waals surface area contributed by atoms with Crippen LogP contribution in [-0.2, 0) is 18.3 Å². The fourth-order valence-electron chi connectivity index (χ4n) is 1.90. The number of aryl methyl sites for hydroxylation is 1. The van der Waals surface area contributed by atoms with Gasteiger partial charge in [0.1, 0.15) is 5.82 Å². The molecule has 1 amide bonds. The second kappa shape index (κ2) is 4.05. The van der Waals surface area contributed by atoms with Gasteiger partial charge in [0.2, 0.25) is 0 Å². The molecule has 1 fully saturated rings. The topological polar surface area (TPSA) is 38.1 Å². The molecule has 94 valence electrons. The Morgan fingerprint density at radius 1 is 1.53 bits per heavy atom. The van der Waals surface area contributed by atoms with Gasteiger partial charge in [0.25, 0.3) is 0 Å². The SMILES string of the molecule is Cn1ccnc1CC1CN(C(=O)C(F)(F)F)C1. The first kappa shape index (κ1) is 11.9. The predicted molar refractivity (Wildman–Crippen MR) is 53.0 cm³/mol. The van der Waals surface area contributed by atoms with Gasteiger partial charge in [-0.3, -0.25) is 4.79 Å². The highest BCUT2D eigenvalue weighted by Gasteiger charge is 2.46. The summed E-state index contributed by atoms with van der Waals surface area (Å²) in [5, 5.41) is 0. The van der Waals surface area contributed by atoms with Crippen LogP contribution < -0.4 is 0 Å². The Labute approximate surface area is 96.0 Å². The first-order chi connectivity index (χ1) is 7.88. The second-order valence-corrected chi connectivity index (χ2v) is 4.23. The average molecular weight is 247 g/mol. The number of amides is 1. The van der Waals surface area contributed by atoms with Crippen molar-refractivity contribution in [3.05, 3.63) is 18.2 Å². The normalized spacial score (nSPS) is 17.1. The van der Waals surface area contributed by atoms with Gasteiger partial charge in [-0.2, -0.15) is 13.2 Å². The van der Waals surface area contributed by atoms with Crippen molar-refractivity contribution in [2.75, 3.05) is 13.1 Å². The largest absolute Gasteiger partial charge is 0.471 e. The molecule has 4 nitrogen and oxygen atoms in total. The average Bonchev–Trinajstić information content (AvgIpc) is 2.54. The van der Waals surface area contributed by atoms with E-state index >= 15 is 0 Å². The van der Waals surface area contributed by atoms with E-state index in [9.17, 15) is 18.0 Å². The van der Waals surface area contributed by atoms with Crippen LogP contribution in [0.15, 0.2) is 12.4 Å². The summed E-state index contributed by atoms with van der Waals surface area (Å²) in [6.07, 6.45) is -0.724. The third-order valence-electron chi connectivity index (χ3n) is 2.88. The molecule has 1 aliphatic heterocycles. The van der Waals surface area contributed by atoms with Crippen molar-refractivity contribution >= 4 is 5.91 Å². The fourth-order valence-corrected chi connectivity index (χ4v) is 1.90. The van der Waals surface area contributed by atoms with Gasteiger partial charge in [-0.1, -0.05) is 0 Å². The van der Waals surface area contributed by atoms with E-state index in [2.05, 4.69) is 4.98 Å². The molecule has 0 spiro atoms. The zero-order chi connectivity index (χ0) is 12.6. The third kappa shape index (κ3) is 2.42. The van der Waals surface area contributed by atoms with E-state index in [1.807, 2.05) is 11.6 Å². The van der Waals surface area contributed by atoms with Crippen molar-refractivity contribution < 1.29 is 18.0 Å². The number of likely N-dealkylation sites (tertiary alicyclic amines) is 1. The number of carbonyl (C=O) groups is 1. The van der Waals surface area contributed by atoms with E-state index in [1.165, 1.54) is 0 Å². The molecule has 0 bridgehead atoms. The summed E-state index contributed by atoms with van der Waals surface area (Å²) in [6.45, 7) is 0.316. The Morgan fingerprint density at radius 3 is 2.65 bits per heavy atom. The number of carbonyl (C=O) groups excluding carboxylic acids is 1. The summed E-state index contributed by atoms with van der Waals surface area (Å²) >= 11 is 0. The van der Waals surface area contributed by atoms with Crippen LogP contribution in [0.4, 0.5) is 13.2 Å². The van der Waals surface area contributed by atoms with E-state index < -0.39 is 12.1 Å². The lowest BCUT2D eigenvalue weighted by molar-refractivity contribution is -0.191. The van der Waals surface area contributed by atoms with E-state index in [0.717, 1.165) is 10.7 Å². The van der Waals surface area contributed by atoms with Crippen molar-refractivity contribution in [2.24, 2.45) is 13.0 Å². The van der Waals surface area contributed by atoms with Gasteiger partial charge in [-0.05, 0) is 0 Å². The quantitative estimate of drug-likeness (QED) is 0.781. The van der Waals surface area contributed by atoms with E-state index in [0.29, 0.717) is 6.42 Å². The van der Waals surface area contributed by atoms with Gasteiger partial charge in [-0.25, -0.2) is 4.98 Å². The van der Waals surface area contributed by atoms with Gasteiger partial charge >= 0.3 is 12.1 Å². The van der Waals surface area contributed by atoms with Crippen LogP contribution in [0.25, 0.3) is 0 Å². The minimum Gasteiger partial charge on any atom is -0.338 e. The first-order valence-corrected chi connectivity index (χ1v) is 5.20. The molecule has 17 heavy (non-hydrogen) atoms. The number of imidazole rings is 1. The zero-order valence-corrected chi connectivity index (χ0v) is 9.24. The van der Waals surface area contributed by atoms with Gasteiger partial charge in [0, 0.05) is 44.9 Å². The molecule has 0 N–H and O–H groups in total. The zero-order valence-electron chi connectivity index (χ0n) is 9.24. The van der Waals surface area contributed by atoms with Crippen molar-refractivity contribution in [2.45, 2.75) is 12.6 Å². The Bertz CT molecular complexity index is 421. The molecule has 0 aliphatic carbocycles. The molecule has 1 aliphatic rings. The molecule has 1 aromatic rings. The predicted octanol–water partition coefficient (Wildman–Crippen LogP) is 0.983. The van der Waals surface area contributed by atoms with Crippen LogP contribution in [0.1, 0.15) is 5.82 Å². The minimum absolute atomic E-state index is 0.0717. The maximum Gasteiger partial charge on any atom is 0.471 e. The van der Waals surface area contributed by atoms with Gasteiger partial charge in [-0.15, -0.1) is 0 Å². The molecule has 0 aromatic carbocycles. The highest BCUT2D eigenvalue weighted by Crippen LogP contribution is 2.26. The molecule has 7 heteroatoms. The molecule has 1 aromatic heterocycles. The van der Waals surface area contributed by atoms with Gasteiger partial charge < -0.3 is 9.47 Å². The third-order valence-corrected chi connectivity index (χ3v) is 2.88. The maximum atomic E-state index is 12.1. The molecule has 0 atom stereocenters. The number of aromatic nitrogens is 2. The Kier molecular flexibility index (Phi) is 2.84. The van der Waals surface area contributed by atoms with Crippen LogP contribution in [-0.4, -0.2) is 39.6 Å². The number of hydrogen-bond acceptors (Lipinski definition) is 2. The maximum absolute atomic E-state index is 12.1. The second-order valence-electron chi connectivity index (χ2n) is 4.23. The Morgan fingerprint density at radius 2 is 2.18 bits per heavy atom. The van der Waals surface area contributed by atoms with E-state index in [4.69, 9.17) is 0 Å². The van der Waals surface area contributed by atoms with Gasteiger partial charge in [0.05, 0.1) is 0 Å². The number of rotatable bonds is 2. The number of alkyl halides is 3. The molecule has 0 saturated carbocycles. The smallest absolute Gasteiger partial charge is 0.338 e. The van der Waals surface area contributed by atoms with Crippen LogP contribution in [0.5, 0.6) is 0 Å². The van der Waals surface area contributed by atoms with E-state index in [-0.39, 0.29) is 19.0 Å². The standard InChI is InChI=1S/C10H12F3N3O/c1-15-3-2-14-8(15)4-7-5-16(6-7)9(17)10(11,12)13/h2-3,7H,4-6H2,1H3. The summed E-state index contributed by atoms with van der Waals surface area (Å²) in [5.74, 6) is -0.843. The minimum atomic E-state index is -4.76. The fraction of sp³-hybridized carbons (Fsp3) is 0.600. The first-order valence-electron chi connectivity index (χ1n) is 5.20. The molecule has 2 heterocycles. The summed E-state index contributed by atoms with van der Waals surface area (Å²) in [7, 11) is 1.83. The highest BCUT2D eigenvalue weighted by molar-refractivity contribution is 5.82. The van der Waals surface area contributed by atoms with Gasteiger partial charge in [0.15, 0.2) is 0 Å². The molecule has 1 saturated heterocycles. The van der Waals surface area contributed by atoms with E-state index in [1.54, 1.807) is 12.4 Å². The van der Waals surface area contributed by atoms with Crippen LogP contribution in [0.3, 0.4) is 0 Å². The Hall–Kier alpha value is -1.53. The number of hydrogen-bond donors (Lipinski definition) is 0. The number of halogens is 3. The summed E-state index contributed by atoms with van der Waals surface area (Å²) in [4.78, 5) is 15.8. The van der Waals surface area contributed by atoms with Crippen molar-refractivity contribution in [3.63, 3.8) is 0 Å². The Balaban J connectivity index is 1.84. The number of nitrogens with zero attached hydrogens (tertiary/aromatic N) is 3. The molecule has 0 unspecified atom stereocenters. The molecular weight excluding hydrogens is 235 g/mol. The molecule has 0 radical (unpaired) electrons. The summed E-state index contributed by atoms with van der Waals surface area (Å²) in [5.41, 5.74) is 0. The van der Waals surface area contributed by atoms with Crippen LogP contribution in [0, 0.1) is 5.92 Å². The highest BCUT2D eigenvalue weighted by atomic mass is 19.4. The molecular formula is C10H12F3N3O. The lowest BCUT2D eigenvalue weighted by atomic mass is 9.96. The summed E-state index contributed by atoms with van der Waals surface area (Å²) < 4.78 is 38.1. The lowest BCUT2D eigenvalue weighted by Gasteiger charge is -2.39. The summed E-state index contributed by atoms with van der Waals surface area (Å²) in [6, 6.07) is 0. The van der Waals surface area contributed by atoms with Crippen LogP contribution in [0.2, 0.25) is 0 Å².